The molecule has 0 radical (unpaired) electrons. The summed E-state index contributed by atoms with van der Waals surface area (Å²) >= 11 is 0. The van der Waals surface area contributed by atoms with E-state index in [4.69, 9.17) is 9.47 Å². The number of anilines is 3. The van der Waals surface area contributed by atoms with Gasteiger partial charge in [0.1, 0.15) is 5.75 Å². The molecule has 2 aliphatic rings. The Balaban J connectivity index is 1.36. The maximum Gasteiger partial charge on any atom is 0.228 e. The van der Waals surface area contributed by atoms with Crippen LogP contribution < -0.4 is 20.3 Å². The van der Waals surface area contributed by atoms with Crippen molar-refractivity contribution in [1.29, 1.82) is 0 Å². The van der Waals surface area contributed by atoms with Crippen LogP contribution in [0.3, 0.4) is 0 Å². The minimum Gasteiger partial charge on any atom is -0.497 e. The fourth-order valence-corrected chi connectivity index (χ4v) is 3.60. The van der Waals surface area contributed by atoms with E-state index in [1.54, 1.807) is 19.2 Å². The van der Waals surface area contributed by atoms with Crippen molar-refractivity contribution in [2.24, 2.45) is 11.8 Å². The molecule has 0 aromatic heterocycles. The molecule has 29 heavy (non-hydrogen) atoms. The standard InChI is InChI=1S/C22H25N3O4/c1-28-16-6-4-5-15(13-16)23-21(26)17-14-18(17)22(27)24-19-7-2-3-8-20(19)25-9-11-29-12-10-25/h2-8,13,17-18H,9-12,14H2,1H3,(H,23,26)(H,24,27). The lowest BCUT2D eigenvalue weighted by Gasteiger charge is -2.30. The molecule has 4 rings (SSSR count). The zero-order valence-electron chi connectivity index (χ0n) is 16.4. The minimum absolute atomic E-state index is 0.114. The second-order valence-electron chi connectivity index (χ2n) is 7.28. The lowest BCUT2D eigenvalue weighted by Crippen LogP contribution is -2.36. The Morgan fingerprint density at radius 1 is 1.00 bits per heavy atom. The second-order valence-corrected chi connectivity index (χ2v) is 7.28. The molecule has 0 bridgehead atoms. The van der Waals surface area contributed by atoms with Crippen LogP contribution in [-0.2, 0) is 14.3 Å². The Bertz CT molecular complexity index is 895. The first-order chi connectivity index (χ1) is 14.2. The number of hydrogen-bond donors (Lipinski definition) is 2. The summed E-state index contributed by atoms with van der Waals surface area (Å²) in [5.41, 5.74) is 2.43. The largest absolute Gasteiger partial charge is 0.497 e. The molecule has 2 atom stereocenters. The number of carbonyl (C=O) groups excluding carboxylic acids is 2. The Kier molecular flexibility index (Phi) is 5.67. The van der Waals surface area contributed by atoms with E-state index in [1.165, 1.54) is 0 Å². The highest BCUT2D eigenvalue weighted by atomic mass is 16.5. The molecule has 7 heteroatoms. The molecule has 1 aliphatic heterocycles. The molecule has 0 spiro atoms. The van der Waals surface area contributed by atoms with Crippen molar-refractivity contribution in [3.63, 3.8) is 0 Å². The van der Waals surface area contributed by atoms with Gasteiger partial charge in [0.2, 0.25) is 11.8 Å². The smallest absolute Gasteiger partial charge is 0.228 e. The summed E-state index contributed by atoms with van der Waals surface area (Å²) < 4.78 is 10.6. The van der Waals surface area contributed by atoms with Crippen LogP contribution in [-0.4, -0.2) is 45.2 Å². The highest BCUT2D eigenvalue weighted by Crippen LogP contribution is 2.41. The van der Waals surface area contributed by atoms with Crippen molar-refractivity contribution < 1.29 is 19.1 Å². The van der Waals surface area contributed by atoms with E-state index >= 15 is 0 Å². The van der Waals surface area contributed by atoms with Crippen molar-refractivity contribution in [1.82, 2.24) is 0 Å². The zero-order valence-corrected chi connectivity index (χ0v) is 16.4. The summed E-state index contributed by atoms with van der Waals surface area (Å²) in [6, 6.07) is 15.0. The van der Waals surface area contributed by atoms with Crippen molar-refractivity contribution in [2.75, 3.05) is 48.9 Å². The van der Waals surface area contributed by atoms with Crippen LogP contribution in [0.5, 0.6) is 5.75 Å². The number of para-hydroxylation sites is 2. The third-order valence-corrected chi connectivity index (χ3v) is 5.31. The van der Waals surface area contributed by atoms with Gasteiger partial charge in [-0.2, -0.15) is 0 Å². The zero-order chi connectivity index (χ0) is 20.2. The van der Waals surface area contributed by atoms with Gasteiger partial charge in [-0.1, -0.05) is 18.2 Å². The van der Waals surface area contributed by atoms with Gasteiger partial charge in [-0.05, 0) is 30.7 Å². The van der Waals surface area contributed by atoms with E-state index in [0.29, 0.717) is 31.1 Å². The first-order valence-corrected chi connectivity index (χ1v) is 9.83. The topological polar surface area (TPSA) is 79.9 Å². The predicted octanol–water partition coefficient (Wildman–Crippen LogP) is 2.75. The Labute approximate surface area is 170 Å². The van der Waals surface area contributed by atoms with Gasteiger partial charge in [-0.25, -0.2) is 0 Å². The maximum atomic E-state index is 12.7. The van der Waals surface area contributed by atoms with Crippen molar-refractivity contribution in [2.45, 2.75) is 6.42 Å². The number of benzene rings is 2. The molecule has 1 heterocycles. The Hall–Kier alpha value is -3.06. The Morgan fingerprint density at radius 2 is 1.72 bits per heavy atom. The van der Waals surface area contributed by atoms with Crippen LogP contribution in [0.2, 0.25) is 0 Å². The maximum absolute atomic E-state index is 12.7. The average Bonchev–Trinajstić information content (AvgIpc) is 3.56. The number of morpholine rings is 1. The van der Waals surface area contributed by atoms with E-state index < -0.39 is 0 Å². The number of hydrogen-bond acceptors (Lipinski definition) is 5. The minimum atomic E-state index is -0.309. The molecule has 7 nitrogen and oxygen atoms in total. The summed E-state index contributed by atoms with van der Waals surface area (Å²) in [7, 11) is 1.58. The Morgan fingerprint density at radius 3 is 2.48 bits per heavy atom. The summed E-state index contributed by atoms with van der Waals surface area (Å²) in [5.74, 6) is -0.195. The number of ether oxygens (including phenoxy) is 2. The van der Waals surface area contributed by atoms with Gasteiger partial charge in [0.05, 0.1) is 43.5 Å². The quantitative estimate of drug-likeness (QED) is 0.786. The number of carbonyl (C=O) groups is 2. The molecule has 1 aliphatic carbocycles. The van der Waals surface area contributed by atoms with Gasteiger partial charge < -0.3 is 25.0 Å². The molecule has 152 valence electrons. The van der Waals surface area contributed by atoms with E-state index in [2.05, 4.69) is 15.5 Å². The number of nitrogens with one attached hydrogen (secondary N) is 2. The SMILES string of the molecule is COc1cccc(NC(=O)C2CC2C(=O)Nc2ccccc2N2CCOCC2)c1. The van der Waals surface area contributed by atoms with Gasteiger partial charge >= 0.3 is 0 Å². The fourth-order valence-electron chi connectivity index (χ4n) is 3.60. The van der Waals surface area contributed by atoms with Gasteiger partial charge in [-0.15, -0.1) is 0 Å². The first kappa shape index (κ1) is 19.3. The molecule has 2 aromatic rings. The van der Waals surface area contributed by atoms with Gasteiger partial charge in [0.25, 0.3) is 0 Å². The van der Waals surface area contributed by atoms with Crippen LogP contribution in [0, 0.1) is 11.8 Å². The number of methoxy groups -OCH3 is 1. The normalized spacial score (nSPS) is 20.7. The summed E-state index contributed by atoms with van der Waals surface area (Å²) in [6.07, 6.45) is 0.557. The van der Waals surface area contributed by atoms with Crippen LogP contribution in [0.15, 0.2) is 48.5 Å². The molecular weight excluding hydrogens is 370 g/mol. The average molecular weight is 395 g/mol. The van der Waals surface area contributed by atoms with E-state index in [1.807, 2.05) is 36.4 Å². The summed E-state index contributed by atoms with van der Waals surface area (Å²) in [4.78, 5) is 27.4. The molecular formula is C22H25N3O4. The molecule has 1 saturated carbocycles. The highest BCUT2D eigenvalue weighted by molar-refractivity contribution is 6.04. The lowest BCUT2D eigenvalue weighted by atomic mass is 10.2. The van der Waals surface area contributed by atoms with Crippen molar-refractivity contribution >= 4 is 28.9 Å². The van der Waals surface area contributed by atoms with E-state index in [9.17, 15) is 9.59 Å². The third-order valence-electron chi connectivity index (χ3n) is 5.31. The molecule has 2 N–H and O–H groups in total. The first-order valence-electron chi connectivity index (χ1n) is 9.83. The molecule has 2 amide bonds. The highest BCUT2D eigenvalue weighted by Gasteiger charge is 2.48. The van der Waals surface area contributed by atoms with Crippen LogP contribution >= 0.6 is 0 Å². The molecule has 2 aromatic carbocycles. The van der Waals surface area contributed by atoms with Crippen molar-refractivity contribution in [3.05, 3.63) is 48.5 Å². The van der Waals surface area contributed by atoms with Crippen LogP contribution in [0.1, 0.15) is 6.42 Å². The van der Waals surface area contributed by atoms with Crippen LogP contribution in [0.4, 0.5) is 17.1 Å². The van der Waals surface area contributed by atoms with E-state index in [0.717, 1.165) is 24.5 Å². The van der Waals surface area contributed by atoms with Crippen LogP contribution in [0.25, 0.3) is 0 Å². The van der Waals surface area contributed by atoms with E-state index in [-0.39, 0.29) is 23.7 Å². The summed E-state index contributed by atoms with van der Waals surface area (Å²) in [5, 5.41) is 5.88. The third kappa shape index (κ3) is 4.51. The monoisotopic (exact) mass is 395 g/mol. The molecule has 2 fully saturated rings. The lowest BCUT2D eigenvalue weighted by molar-refractivity contribution is -0.122. The predicted molar refractivity (Wildman–Crippen MR) is 111 cm³/mol. The van der Waals surface area contributed by atoms with Gasteiger partial charge in [-0.3, -0.25) is 9.59 Å². The second kappa shape index (κ2) is 8.53. The molecule has 1 saturated heterocycles. The number of nitrogens with zero attached hydrogens (tertiary/aromatic N) is 1. The molecule has 2 unspecified atom stereocenters. The fraction of sp³-hybridized carbons (Fsp3) is 0.364. The number of amides is 2. The van der Waals surface area contributed by atoms with Gasteiger partial charge in [0, 0.05) is 24.8 Å². The summed E-state index contributed by atoms with van der Waals surface area (Å²) in [6.45, 7) is 2.94. The van der Waals surface area contributed by atoms with Crippen molar-refractivity contribution in [3.8, 4) is 5.75 Å². The van der Waals surface area contributed by atoms with Gasteiger partial charge in [0.15, 0.2) is 0 Å². The number of rotatable bonds is 6.